The predicted molar refractivity (Wildman–Crippen MR) is 57.1 cm³/mol. The van der Waals surface area contributed by atoms with Gasteiger partial charge in [-0.2, -0.15) is 0 Å². The summed E-state index contributed by atoms with van der Waals surface area (Å²) in [7, 11) is 2.79. The minimum absolute atomic E-state index is 0. The summed E-state index contributed by atoms with van der Waals surface area (Å²) < 4.78 is 0. The van der Waals surface area contributed by atoms with Gasteiger partial charge in [-0.3, -0.25) is 4.70 Å². The molecule has 0 aromatic heterocycles. The summed E-state index contributed by atoms with van der Waals surface area (Å²) in [6.45, 7) is 4.64. The molecule has 0 aliphatic rings. The number of halogens is 1. The number of hydrogen-bond acceptors (Lipinski definition) is 0. The van der Waals surface area contributed by atoms with Gasteiger partial charge in [0.25, 0.3) is 0 Å². The first-order chi connectivity index (χ1) is 4.81. The Bertz CT molecular complexity index is 63.5. The van der Waals surface area contributed by atoms with Gasteiger partial charge in [-0.05, 0) is 18.5 Å². The summed E-state index contributed by atoms with van der Waals surface area (Å²) >= 11 is 0. The van der Waals surface area contributed by atoms with Crippen molar-refractivity contribution in [1.29, 1.82) is 0 Å². The largest absolute Gasteiger partial charge is 0.269 e. The van der Waals surface area contributed by atoms with Crippen molar-refractivity contribution in [2.24, 2.45) is 5.92 Å². The molecule has 0 spiro atoms. The van der Waals surface area contributed by atoms with Crippen molar-refractivity contribution in [2.45, 2.75) is 46.0 Å². The molecule has 0 saturated carbocycles. The van der Waals surface area contributed by atoms with E-state index in [1.165, 1.54) is 38.3 Å². The maximum atomic E-state index is 2.79. The average molecular weight is 183 g/mol. The molecule has 11 heavy (non-hydrogen) atoms. The summed E-state index contributed by atoms with van der Waals surface area (Å²) in [6.07, 6.45) is 8.28. The molecule has 2 heteroatoms. The van der Waals surface area contributed by atoms with E-state index >= 15 is 0 Å². The van der Waals surface area contributed by atoms with Crippen LogP contribution in [0, 0.1) is 5.92 Å². The van der Waals surface area contributed by atoms with Crippen molar-refractivity contribution in [1.82, 2.24) is 0 Å². The smallest absolute Gasteiger partial charge is 0 e. The lowest BCUT2D eigenvalue weighted by molar-refractivity contribution is 0.468. The van der Waals surface area contributed by atoms with Crippen LogP contribution in [0.25, 0.3) is 0 Å². The maximum Gasteiger partial charge on any atom is 0 e. The van der Waals surface area contributed by atoms with Crippen LogP contribution in [0.4, 0.5) is 4.70 Å². The first-order valence-corrected chi connectivity index (χ1v) is 5.33. The lowest BCUT2D eigenvalue weighted by atomic mass is 10.00. The molecule has 0 aliphatic carbocycles. The van der Waals surface area contributed by atoms with Crippen LogP contribution in [0.15, 0.2) is 0 Å². The van der Waals surface area contributed by atoms with Gasteiger partial charge in [0.15, 0.2) is 0 Å². The molecule has 2 atom stereocenters. The van der Waals surface area contributed by atoms with Crippen molar-refractivity contribution in [2.75, 3.05) is 6.16 Å². The molecule has 0 bridgehead atoms. The average Bonchev–Trinajstić information content (AvgIpc) is 1.97. The Morgan fingerprint density at radius 3 is 2.27 bits per heavy atom. The van der Waals surface area contributed by atoms with Crippen LogP contribution in [-0.4, -0.2) is 6.16 Å². The van der Waals surface area contributed by atoms with E-state index in [1.54, 1.807) is 0 Å². The van der Waals surface area contributed by atoms with E-state index in [1.807, 2.05) is 0 Å². The SMILES string of the molecule is CCCCC(C)CCCP.F.[2HH]. The van der Waals surface area contributed by atoms with Crippen molar-refractivity contribution >= 4 is 9.24 Å². The monoisotopic (exact) mass is 183 g/mol. The minimum atomic E-state index is 0. The fourth-order valence-corrected chi connectivity index (χ4v) is 1.40. The maximum absolute atomic E-state index is 2.79. The third-order valence-electron chi connectivity index (χ3n) is 1.95. The Morgan fingerprint density at radius 2 is 1.82 bits per heavy atom. The minimum Gasteiger partial charge on any atom is -0.269 e. The zero-order valence-electron chi connectivity index (χ0n) is 7.81. The predicted octanol–water partition coefficient (Wildman–Crippen LogP) is 3.87. The van der Waals surface area contributed by atoms with Gasteiger partial charge >= 0.3 is 0 Å². The Morgan fingerprint density at radius 1 is 1.27 bits per heavy atom. The Hall–Kier alpha value is 0.360. The van der Waals surface area contributed by atoms with Crippen LogP contribution >= 0.6 is 9.24 Å². The van der Waals surface area contributed by atoms with Crippen LogP contribution in [0.5, 0.6) is 0 Å². The Balaban J connectivity index is -0.000000405. The Labute approximate surface area is 74.2 Å². The zero-order chi connectivity index (χ0) is 7.82. The molecule has 0 aliphatic heterocycles. The Kier molecular flexibility index (Phi) is 13.1. The van der Waals surface area contributed by atoms with E-state index < -0.39 is 0 Å². The molecule has 0 amide bonds. The molecule has 0 nitrogen and oxygen atoms in total. The molecule has 0 heterocycles. The third kappa shape index (κ3) is 10.4. The van der Waals surface area contributed by atoms with Gasteiger partial charge < -0.3 is 0 Å². The van der Waals surface area contributed by atoms with E-state index in [0.717, 1.165) is 5.92 Å². The lowest BCUT2D eigenvalue weighted by Crippen LogP contribution is -1.94. The van der Waals surface area contributed by atoms with Gasteiger partial charge in [0.2, 0.25) is 0 Å². The molecular formula is C9H24FP. The second-order valence-electron chi connectivity index (χ2n) is 3.18. The molecule has 0 saturated heterocycles. The van der Waals surface area contributed by atoms with Crippen molar-refractivity contribution < 1.29 is 6.13 Å². The van der Waals surface area contributed by atoms with Gasteiger partial charge in [0.05, 0.1) is 0 Å². The van der Waals surface area contributed by atoms with E-state index in [9.17, 15) is 0 Å². The molecule has 0 aromatic rings. The van der Waals surface area contributed by atoms with E-state index in [4.69, 9.17) is 0 Å². The van der Waals surface area contributed by atoms with E-state index in [-0.39, 0.29) is 6.13 Å². The molecule has 2 unspecified atom stereocenters. The summed E-state index contributed by atoms with van der Waals surface area (Å²) in [6, 6.07) is 0. The second-order valence-corrected chi connectivity index (χ2v) is 3.76. The normalized spacial score (nSPS) is 12.3. The highest BCUT2D eigenvalue weighted by molar-refractivity contribution is 7.16. The highest BCUT2D eigenvalue weighted by Gasteiger charge is 1.98. The van der Waals surface area contributed by atoms with Crippen LogP contribution in [0.2, 0.25) is 0 Å². The first-order valence-electron chi connectivity index (χ1n) is 4.51. The summed E-state index contributed by atoms with van der Waals surface area (Å²) in [5, 5.41) is 0. The first kappa shape index (κ1) is 13.9. The van der Waals surface area contributed by atoms with Gasteiger partial charge in [-0.25, -0.2) is 0 Å². The number of rotatable bonds is 6. The van der Waals surface area contributed by atoms with Crippen molar-refractivity contribution in [3.05, 3.63) is 0 Å². The van der Waals surface area contributed by atoms with Gasteiger partial charge in [-0.1, -0.05) is 39.5 Å². The highest BCUT2D eigenvalue weighted by atomic mass is 31.0. The lowest BCUT2D eigenvalue weighted by Gasteiger charge is -2.08. The molecule has 0 fully saturated rings. The summed E-state index contributed by atoms with van der Waals surface area (Å²) in [5.74, 6) is 0.959. The molecule has 0 rings (SSSR count). The van der Waals surface area contributed by atoms with Crippen LogP contribution in [-0.2, 0) is 0 Å². The third-order valence-corrected chi connectivity index (χ3v) is 2.36. The molecule has 0 N–H and O–H groups in total. The fourth-order valence-electron chi connectivity index (χ4n) is 1.16. The van der Waals surface area contributed by atoms with E-state index in [2.05, 4.69) is 23.1 Å². The quantitative estimate of drug-likeness (QED) is 0.548. The topological polar surface area (TPSA) is 0 Å². The van der Waals surface area contributed by atoms with Gasteiger partial charge in [-0.15, -0.1) is 9.24 Å². The molecule has 0 radical (unpaired) electrons. The summed E-state index contributed by atoms with van der Waals surface area (Å²) in [5.41, 5.74) is 0. The van der Waals surface area contributed by atoms with Gasteiger partial charge in [0.1, 0.15) is 0 Å². The van der Waals surface area contributed by atoms with E-state index in [0.29, 0.717) is 0 Å². The fraction of sp³-hybridized carbons (Fsp3) is 1.00. The zero-order valence-corrected chi connectivity index (χ0v) is 8.96. The number of hydrogen-bond donors (Lipinski definition) is 0. The standard InChI is InChI=1S/C9H21P.FH.H2/c1-3-4-6-9(2)7-5-8-10;;/h9H,3-8,10H2,1-2H3;2*1H/i;;1+1. The second kappa shape index (κ2) is 10.4. The van der Waals surface area contributed by atoms with Gasteiger partial charge in [0, 0.05) is 1.43 Å². The van der Waals surface area contributed by atoms with Crippen molar-refractivity contribution in [3.8, 4) is 0 Å². The van der Waals surface area contributed by atoms with Crippen LogP contribution in [0.3, 0.4) is 0 Å². The van der Waals surface area contributed by atoms with Crippen LogP contribution < -0.4 is 0 Å². The molecule has 72 valence electrons. The highest BCUT2D eigenvalue weighted by Crippen LogP contribution is 2.14. The van der Waals surface area contributed by atoms with Crippen LogP contribution in [0.1, 0.15) is 47.4 Å². The molecular weight excluding hydrogens is 158 g/mol. The molecule has 0 aromatic carbocycles. The number of unbranched alkanes of at least 4 members (excludes halogenated alkanes) is 1. The van der Waals surface area contributed by atoms with Crippen molar-refractivity contribution in [3.63, 3.8) is 0 Å². The summed E-state index contributed by atoms with van der Waals surface area (Å²) in [4.78, 5) is 0.